The molecule has 184 valence electrons. The van der Waals surface area contributed by atoms with Crippen LogP contribution < -0.4 is 9.47 Å². The summed E-state index contributed by atoms with van der Waals surface area (Å²) >= 11 is 0. The van der Waals surface area contributed by atoms with Crippen molar-refractivity contribution in [3.8, 4) is 11.5 Å². The zero-order chi connectivity index (χ0) is 24.4. The van der Waals surface area contributed by atoms with Crippen LogP contribution in [0, 0.1) is 5.82 Å². The number of hydrogen-bond acceptors (Lipinski definition) is 7. The lowest BCUT2D eigenvalue weighted by molar-refractivity contribution is -0.140. The van der Waals surface area contributed by atoms with Crippen LogP contribution in [0.25, 0.3) is 5.76 Å². The molecule has 0 aromatic heterocycles. The maximum Gasteiger partial charge on any atom is 0.295 e. The van der Waals surface area contributed by atoms with E-state index < -0.39 is 23.5 Å². The first-order chi connectivity index (χ1) is 17.0. The lowest BCUT2D eigenvalue weighted by Crippen LogP contribution is -2.39. The van der Waals surface area contributed by atoms with Crippen LogP contribution in [0.15, 0.2) is 48.0 Å². The fourth-order valence-electron chi connectivity index (χ4n) is 4.77. The summed E-state index contributed by atoms with van der Waals surface area (Å²) in [4.78, 5) is 29.9. The van der Waals surface area contributed by atoms with Gasteiger partial charge in [-0.05, 0) is 42.3 Å². The number of halogens is 1. The van der Waals surface area contributed by atoms with Crippen molar-refractivity contribution >= 4 is 17.4 Å². The summed E-state index contributed by atoms with van der Waals surface area (Å²) in [6, 6.07) is 9.73. The Hall–Kier alpha value is -3.43. The van der Waals surface area contributed by atoms with Crippen LogP contribution in [0.5, 0.6) is 11.5 Å². The van der Waals surface area contributed by atoms with Crippen molar-refractivity contribution in [2.45, 2.75) is 12.5 Å². The number of carbonyl (C=O) groups is 2. The number of fused-ring (bicyclic) bond motifs is 1. The zero-order valence-electron chi connectivity index (χ0n) is 19.2. The van der Waals surface area contributed by atoms with Crippen LogP contribution in [-0.2, 0) is 14.3 Å². The average Bonchev–Trinajstić information content (AvgIpc) is 3.13. The number of hydrogen-bond donors (Lipinski definition) is 1. The van der Waals surface area contributed by atoms with Crippen LogP contribution in [0.3, 0.4) is 0 Å². The van der Waals surface area contributed by atoms with Gasteiger partial charge in [0.1, 0.15) is 24.8 Å². The molecule has 0 saturated carbocycles. The van der Waals surface area contributed by atoms with Crippen LogP contribution in [0.1, 0.15) is 23.6 Å². The molecule has 0 radical (unpaired) electrons. The zero-order valence-corrected chi connectivity index (χ0v) is 19.2. The van der Waals surface area contributed by atoms with E-state index in [1.807, 2.05) is 0 Å². The Labute approximate surface area is 202 Å². The maximum absolute atomic E-state index is 14.2. The largest absolute Gasteiger partial charge is 0.507 e. The molecule has 2 fully saturated rings. The van der Waals surface area contributed by atoms with E-state index in [-0.39, 0.29) is 11.3 Å². The van der Waals surface area contributed by atoms with Gasteiger partial charge in [-0.25, -0.2) is 4.39 Å². The van der Waals surface area contributed by atoms with Crippen LogP contribution >= 0.6 is 0 Å². The smallest absolute Gasteiger partial charge is 0.295 e. The van der Waals surface area contributed by atoms with E-state index in [2.05, 4.69) is 4.90 Å². The molecule has 1 N–H and O–H groups in total. The quantitative estimate of drug-likeness (QED) is 0.385. The second-order valence-corrected chi connectivity index (χ2v) is 8.71. The first-order valence-electron chi connectivity index (χ1n) is 11.8. The van der Waals surface area contributed by atoms with Crippen molar-refractivity contribution in [2.75, 3.05) is 52.6 Å². The first-order valence-corrected chi connectivity index (χ1v) is 11.8. The number of likely N-dealkylation sites (tertiary alicyclic amines) is 1. The van der Waals surface area contributed by atoms with Gasteiger partial charge in [-0.3, -0.25) is 14.5 Å². The van der Waals surface area contributed by atoms with Gasteiger partial charge < -0.3 is 24.2 Å². The fourth-order valence-corrected chi connectivity index (χ4v) is 4.77. The number of carbonyl (C=O) groups excluding carboxylic acids is 2. The molecule has 2 aromatic rings. The van der Waals surface area contributed by atoms with Crippen molar-refractivity contribution < 1.29 is 33.3 Å². The molecule has 3 heterocycles. The van der Waals surface area contributed by atoms with Gasteiger partial charge in [0.2, 0.25) is 0 Å². The van der Waals surface area contributed by atoms with Crippen molar-refractivity contribution in [2.24, 2.45) is 0 Å². The maximum atomic E-state index is 14.2. The number of amides is 1. The second kappa shape index (κ2) is 10.1. The molecule has 1 atom stereocenters. The van der Waals surface area contributed by atoms with E-state index in [4.69, 9.17) is 14.2 Å². The van der Waals surface area contributed by atoms with Gasteiger partial charge >= 0.3 is 0 Å². The number of Topliss-reactive ketones (excluding diaryl/α,β-unsaturated/α-hetero) is 1. The third-order valence-electron chi connectivity index (χ3n) is 6.50. The van der Waals surface area contributed by atoms with Crippen LogP contribution in [0.2, 0.25) is 0 Å². The molecule has 1 amide bonds. The number of nitrogens with zero attached hydrogens (tertiary/aromatic N) is 2. The Balaban J connectivity index is 1.48. The predicted molar refractivity (Wildman–Crippen MR) is 125 cm³/mol. The Morgan fingerprint density at radius 1 is 0.971 bits per heavy atom. The molecule has 3 aliphatic rings. The van der Waals surface area contributed by atoms with Gasteiger partial charge in [0.05, 0.1) is 24.8 Å². The SMILES string of the molecule is O=C1C(=O)N(CCCN2CCOCC2)C(c2cccc(F)c2)C1=C(O)c1ccc2c(c1)OCCO2. The Bertz CT molecular complexity index is 1160. The molecule has 0 aliphatic carbocycles. The highest BCUT2D eigenvalue weighted by atomic mass is 19.1. The third kappa shape index (κ3) is 4.74. The lowest BCUT2D eigenvalue weighted by atomic mass is 9.95. The summed E-state index contributed by atoms with van der Waals surface area (Å²) in [5.41, 5.74) is 0.681. The summed E-state index contributed by atoms with van der Waals surface area (Å²) < 4.78 is 30.7. The highest BCUT2D eigenvalue weighted by molar-refractivity contribution is 6.46. The number of aliphatic hydroxyl groups excluding tert-OH is 1. The molecule has 3 aliphatic heterocycles. The van der Waals surface area contributed by atoms with Crippen molar-refractivity contribution in [1.29, 1.82) is 0 Å². The minimum atomic E-state index is -0.899. The average molecular weight is 483 g/mol. The number of benzene rings is 2. The molecular formula is C26H27FN2O6. The number of ether oxygens (including phenoxy) is 3. The molecule has 9 heteroatoms. The van der Waals surface area contributed by atoms with E-state index in [9.17, 15) is 19.1 Å². The number of morpholine rings is 1. The number of aliphatic hydroxyl groups is 1. The van der Waals surface area contributed by atoms with E-state index >= 15 is 0 Å². The number of rotatable bonds is 6. The van der Waals surface area contributed by atoms with Gasteiger partial charge in [-0.15, -0.1) is 0 Å². The standard InChI is InChI=1S/C26H27FN2O6/c27-19-4-1-3-17(15-19)23-22(24(30)18-5-6-20-21(16-18)35-14-13-34-20)25(31)26(32)29(23)8-2-7-28-9-11-33-12-10-28/h1,3-6,15-16,23,30H,2,7-14H2. The van der Waals surface area contributed by atoms with Gasteiger partial charge in [-0.2, -0.15) is 0 Å². The van der Waals surface area contributed by atoms with Crippen LogP contribution in [-0.4, -0.2) is 79.2 Å². The van der Waals surface area contributed by atoms with Gasteiger partial charge in [0.25, 0.3) is 11.7 Å². The van der Waals surface area contributed by atoms with Gasteiger partial charge in [0, 0.05) is 31.7 Å². The topological polar surface area (TPSA) is 88.5 Å². The van der Waals surface area contributed by atoms with Gasteiger partial charge in [0.15, 0.2) is 11.5 Å². The summed E-state index contributed by atoms with van der Waals surface area (Å²) in [5, 5.41) is 11.2. The molecule has 2 saturated heterocycles. The molecular weight excluding hydrogens is 455 g/mol. The normalized spacial score (nSPS) is 22.0. The minimum Gasteiger partial charge on any atom is -0.507 e. The molecule has 1 unspecified atom stereocenters. The van der Waals surface area contributed by atoms with Gasteiger partial charge in [-0.1, -0.05) is 12.1 Å². The van der Waals surface area contributed by atoms with Crippen molar-refractivity contribution in [3.05, 3.63) is 65.0 Å². The van der Waals surface area contributed by atoms with E-state index in [0.717, 1.165) is 19.6 Å². The lowest BCUT2D eigenvalue weighted by Gasteiger charge is -2.29. The van der Waals surface area contributed by atoms with Crippen molar-refractivity contribution in [3.63, 3.8) is 0 Å². The molecule has 5 rings (SSSR count). The molecule has 8 nitrogen and oxygen atoms in total. The van der Waals surface area contributed by atoms with Crippen LogP contribution in [0.4, 0.5) is 4.39 Å². The van der Waals surface area contributed by atoms with Crippen molar-refractivity contribution in [1.82, 2.24) is 9.80 Å². The monoisotopic (exact) mass is 482 g/mol. The highest BCUT2D eigenvalue weighted by Gasteiger charge is 2.46. The number of ketones is 1. The molecule has 2 aromatic carbocycles. The minimum absolute atomic E-state index is 0.0661. The fraction of sp³-hybridized carbons (Fsp3) is 0.385. The molecule has 35 heavy (non-hydrogen) atoms. The molecule has 0 spiro atoms. The van der Waals surface area contributed by atoms with E-state index in [0.29, 0.717) is 62.0 Å². The summed E-state index contributed by atoms with van der Waals surface area (Å²) in [6.45, 7) is 4.80. The third-order valence-corrected chi connectivity index (χ3v) is 6.50. The first kappa shape index (κ1) is 23.3. The highest BCUT2D eigenvalue weighted by Crippen LogP contribution is 2.41. The second-order valence-electron chi connectivity index (χ2n) is 8.71. The summed E-state index contributed by atoms with van der Waals surface area (Å²) in [5.74, 6) is -1.33. The molecule has 0 bridgehead atoms. The Morgan fingerprint density at radius 2 is 1.74 bits per heavy atom. The summed E-state index contributed by atoms with van der Waals surface area (Å²) in [7, 11) is 0. The van der Waals surface area contributed by atoms with E-state index in [1.54, 1.807) is 24.3 Å². The Morgan fingerprint density at radius 3 is 2.51 bits per heavy atom. The predicted octanol–water partition coefficient (Wildman–Crippen LogP) is 2.74. The summed E-state index contributed by atoms with van der Waals surface area (Å²) in [6.07, 6.45) is 0.628. The Kier molecular flexibility index (Phi) is 6.70. The van der Waals surface area contributed by atoms with E-state index in [1.165, 1.54) is 23.1 Å².